The first-order valence-corrected chi connectivity index (χ1v) is 12.6. The summed E-state index contributed by atoms with van der Waals surface area (Å²) in [6.45, 7) is 3.89. The molecule has 0 saturated heterocycles. The number of sulfonamides is 1. The summed E-state index contributed by atoms with van der Waals surface area (Å²) in [5.41, 5.74) is 2.38. The number of carbonyl (C=O) groups excluding carboxylic acids is 2. The molecular formula is C24H23N3O4S2. The second-order valence-electron chi connectivity index (χ2n) is 7.59. The van der Waals surface area contributed by atoms with Crippen molar-refractivity contribution in [1.29, 1.82) is 0 Å². The first kappa shape index (κ1) is 22.9. The third-order valence-electron chi connectivity index (χ3n) is 5.23. The predicted molar refractivity (Wildman–Crippen MR) is 129 cm³/mol. The lowest BCUT2D eigenvalue weighted by Gasteiger charge is -2.17. The Morgan fingerprint density at radius 1 is 1.03 bits per heavy atom. The van der Waals surface area contributed by atoms with E-state index in [1.165, 1.54) is 33.9 Å². The second-order valence-corrected chi connectivity index (χ2v) is 10.7. The van der Waals surface area contributed by atoms with E-state index in [9.17, 15) is 18.0 Å². The van der Waals surface area contributed by atoms with E-state index in [-0.39, 0.29) is 29.8 Å². The van der Waals surface area contributed by atoms with E-state index in [1.807, 2.05) is 30.3 Å². The van der Waals surface area contributed by atoms with Gasteiger partial charge < -0.3 is 10.6 Å². The molecule has 33 heavy (non-hydrogen) atoms. The maximum absolute atomic E-state index is 13.2. The number of nitrogens with one attached hydrogen (secondary N) is 2. The van der Waals surface area contributed by atoms with Crippen molar-refractivity contribution in [3.05, 3.63) is 89.3 Å². The monoisotopic (exact) mass is 481 g/mol. The molecule has 0 radical (unpaired) electrons. The van der Waals surface area contributed by atoms with Gasteiger partial charge in [-0.15, -0.1) is 11.3 Å². The standard InChI is InChI=1S/C24H23N3O4S2/c1-2-22(28)26-24-13-18-15-27(16-21(18)32-24)33(30,31)20-10-6-9-19(14-20)25-23(29)12-11-17-7-4-3-5-8-17/h2-10,13-14H,1,11-12,15-16H2,(H,25,29)(H,26,28). The van der Waals surface area contributed by atoms with E-state index in [2.05, 4.69) is 17.2 Å². The van der Waals surface area contributed by atoms with Crippen molar-refractivity contribution in [2.75, 3.05) is 10.6 Å². The fourth-order valence-corrected chi connectivity index (χ4v) is 6.16. The van der Waals surface area contributed by atoms with Crippen LogP contribution in [0, 0.1) is 0 Å². The molecule has 0 spiro atoms. The van der Waals surface area contributed by atoms with E-state index in [0.29, 0.717) is 23.5 Å². The molecule has 0 fully saturated rings. The van der Waals surface area contributed by atoms with Gasteiger partial charge in [-0.05, 0) is 47.9 Å². The number of thiophene rings is 1. The number of rotatable bonds is 8. The first-order valence-electron chi connectivity index (χ1n) is 10.3. The molecule has 4 rings (SSSR count). The van der Waals surface area contributed by atoms with Crippen LogP contribution in [0.1, 0.15) is 22.4 Å². The van der Waals surface area contributed by atoms with Crippen molar-refractivity contribution in [2.24, 2.45) is 0 Å². The zero-order chi connectivity index (χ0) is 23.4. The smallest absolute Gasteiger partial charge is 0.248 e. The molecule has 1 aliphatic rings. The molecule has 0 aliphatic carbocycles. The van der Waals surface area contributed by atoms with Crippen molar-refractivity contribution in [1.82, 2.24) is 4.31 Å². The van der Waals surface area contributed by atoms with Crippen molar-refractivity contribution >= 4 is 43.9 Å². The van der Waals surface area contributed by atoms with Crippen molar-refractivity contribution in [3.63, 3.8) is 0 Å². The topological polar surface area (TPSA) is 95.6 Å². The Bertz CT molecular complexity index is 1280. The summed E-state index contributed by atoms with van der Waals surface area (Å²) in [5.74, 6) is -0.479. The van der Waals surface area contributed by atoms with Gasteiger partial charge in [-0.3, -0.25) is 9.59 Å². The van der Waals surface area contributed by atoms with Crippen LogP contribution < -0.4 is 10.6 Å². The number of fused-ring (bicyclic) bond motifs is 1. The molecule has 1 aromatic heterocycles. The summed E-state index contributed by atoms with van der Waals surface area (Å²) < 4.78 is 27.8. The highest BCUT2D eigenvalue weighted by Gasteiger charge is 2.32. The van der Waals surface area contributed by atoms with Crippen LogP contribution in [0.25, 0.3) is 0 Å². The Balaban J connectivity index is 1.40. The van der Waals surface area contributed by atoms with Crippen molar-refractivity contribution in [2.45, 2.75) is 30.8 Å². The highest BCUT2D eigenvalue weighted by Crippen LogP contribution is 2.37. The highest BCUT2D eigenvalue weighted by molar-refractivity contribution is 7.89. The zero-order valence-electron chi connectivity index (χ0n) is 17.8. The molecule has 1 aliphatic heterocycles. The van der Waals surface area contributed by atoms with Crippen LogP contribution in [0.4, 0.5) is 10.7 Å². The number of anilines is 2. The molecule has 2 heterocycles. The molecule has 9 heteroatoms. The van der Waals surface area contributed by atoms with Gasteiger partial charge >= 0.3 is 0 Å². The van der Waals surface area contributed by atoms with Gasteiger partial charge in [-0.25, -0.2) is 8.42 Å². The fraction of sp³-hybridized carbons (Fsp3) is 0.167. The van der Waals surface area contributed by atoms with Crippen LogP contribution in [0.3, 0.4) is 0 Å². The number of hydrogen-bond donors (Lipinski definition) is 2. The summed E-state index contributed by atoms with van der Waals surface area (Å²) in [7, 11) is -3.75. The lowest BCUT2D eigenvalue weighted by molar-refractivity contribution is -0.116. The maximum atomic E-state index is 13.2. The maximum Gasteiger partial charge on any atom is 0.248 e. The number of carbonyl (C=O) groups is 2. The third kappa shape index (κ3) is 5.39. The van der Waals surface area contributed by atoms with Crippen LogP contribution in [-0.2, 0) is 39.1 Å². The Kier molecular flexibility index (Phi) is 6.73. The molecule has 0 bridgehead atoms. The molecule has 0 unspecified atom stereocenters. The first-order chi connectivity index (χ1) is 15.8. The molecule has 0 atom stereocenters. The van der Waals surface area contributed by atoms with E-state index < -0.39 is 10.0 Å². The zero-order valence-corrected chi connectivity index (χ0v) is 19.4. The SMILES string of the molecule is C=CC(=O)Nc1cc2c(s1)CN(S(=O)(=O)c1cccc(NC(=O)CCc3ccccc3)c1)C2. The Labute approximate surface area is 196 Å². The lowest BCUT2D eigenvalue weighted by atomic mass is 10.1. The number of benzene rings is 2. The van der Waals surface area contributed by atoms with E-state index in [1.54, 1.807) is 18.2 Å². The van der Waals surface area contributed by atoms with E-state index in [4.69, 9.17) is 0 Å². The number of hydrogen-bond acceptors (Lipinski definition) is 5. The van der Waals surface area contributed by atoms with E-state index in [0.717, 1.165) is 16.0 Å². The fourth-order valence-electron chi connectivity index (χ4n) is 3.55. The number of nitrogens with zero attached hydrogens (tertiary/aromatic N) is 1. The van der Waals surface area contributed by atoms with Crippen LogP contribution in [0.15, 0.2) is 78.2 Å². The summed E-state index contributed by atoms with van der Waals surface area (Å²) in [6, 6.07) is 17.8. The van der Waals surface area contributed by atoms with Crippen LogP contribution in [0.2, 0.25) is 0 Å². The van der Waals surface area contributed by atoms with Gasteiger partial charge in [0, 0.05) is 30.1 Å². The van der Waals surface area contributed by atoms with Crippen molar-refractivity contribution < 1.29 is 18.0 Å². The average molecular weight is 482 g/mol. The summed E-state index contributed by atoms with van der Waals surface area (Å²) in [6.07, 6.45) is 2.10. The lowest BCUT2D eigenvalue weighted by Crippen LogP contribution is -2.26. The molecule has 2 amide bonds. The average Bonchev–Trinajstić information content (AvgIpc) is 3.38. The minimum atomic E-state index is -3.75. The molecule has 2 N–H and O–H groups in total. The normalized spacial score (nSPS) is 13.3. The van der Waals surface area contributed by atoms with Crippen LogP contribution in [-0.4, -0.2) is 24.5 Å². The van der Waals surface area contributed by atoms with Gasteiger partial charge in [-0.2, -0.15) is 4.31 Å². The largest absolute Gasteiger partial charge is 0.326 e. The van der Waals surface area contributed by atoms with Gasteiger partial charge in [0.2, 0.25) is 21.8 Å². The Hall–Kier alpha value is -3.27. The van der Waals surface area contributed by atoms with Gasteiger partial charge in [0.25, 0.3) is 0 Å². The summed E-state index contributed by atoms with van der Waals surface area (Å²) >= 11 is 1.35. The molecule has 170 valence electrons. The minimum absolute atomic E-state index is 0.124. The van der Waals surface area contributed by atoms with Crippen molar-refractivity contribution in [3.8, 4) is 0 Å². The van der Waals surface area contributed by atoms with Gasteiger partial charge in [0.15, 0.2) is 0 Å². The third-order valence-corrected chi connectivity index (χ3v) is 8.10. The Morgan fingerprint density at radius 2 is 1.82 bits per heavy atom. The number of amides is 2. The second kappa shape index (κ2) is 9.70. The number of aryl methyl sites for hydroxylation is 1. The molecule has 2 aromatic carbocycles. The molecule has 7 nitrogen and oxygen atoms in total. The van der Waals surface area contributed by atoms with Gasteiger partial charge in [0.05, 0.1) is 9.90 Å². The molecule has 3 aromatic rings. The summed E-state index contributed by atoms with van der Waals surface area (Å²) in [4.78, 5) is 24.8. The van der Waals surface area contributed by atoms with Gasteiger partial charge in [-0.1, -0.05) is 43.0 Å². The molecular weight excluding hydrogens is 458 g/mol. The predicted octanol–water partition coefficient (Wildman–Crippen LogP) is 4.15. The molecule has 0 saturated carbocycles. The Morgan fingerprint density at radius 3 is 2.55 bits per heavy atom. The van der Waals surface area contributed by atoms with Gasteiger partial charge in [0.1, 0.15) is 0 Å². The quantitative estimate of drug-likeness (QED) is 0.473. The summed E-state index contributed by atoms with van der Waals surface area (Å²) in [5, 5.41) is 6.17. The van der Waals surface area contributed by atoms with Crippen LogP contribution in [0.5, 0.6) is 0 Å². The minimum Gasteiger partial charge on any atom is -0.326 e. The van der Waals surface area contributed by atoms with Crippen LogP contribution >= 0.6 is 11.3 Å². The highest BCUT2D eigenvalue weighted by atomic mass is 32.2. The van der Waals surface area contributed by atoms with E-state index >= 15 is 0 Å².